The van der Waals surface area contributed by atoms with E-state index in [0.29, 0.717) is 5.75 Å². The quantitative estimate of drug-likeness (QED) is 0.758. The van der Waals surface area contributed by atoms with Gasteiger partial charge < -0.3 is 10.4 Å². The van der Waals surface area contributed by atoms with Crippen molar-refractivity contribution in [1.29, 1.82) is 0 Å². The summed E-state index contributed by atoms with van der Waals surface area (Å²) in [4.78, 5) is 22.9. The zero-order valence-electron chi connectivity index (χ0n) is 9.55. The Morgan fingerprint density at radius 2 is 2.00 bits per heavy atom. The van der Waals surface area contributed by atoms with E-state index >= 15 is 0 Å². The van der Waals surface area contributed by atoms with Gasteiger partial charge in [-0.05, 0) is 19.1 Å². The zero-order chi connectivity index (χ0) is 12.7. The summed E-state index contributed by atoms with van der Waals surface area (Å²) in [5.41, 5.74) is 0. The molecular formula is C12H15NO3S. The third-order valence-electron chi connectivity index (χ3n) is 2.00. The number of hydrogen-bond donors (Lipinski definition) is 2. The van der Waals surface area contributed by atoms with E-state index in [1.165, 1.54) is 11.8 Å². The molecule has 0 aliphatic heterocycles. The van der Waals surface area contributed by atoms with Crippen molar-refractivity contribution in [2.75, 3.05) is 5.75 Å². The number of aliphatic carboxylic acids is 1. The lowest BCUT2D eigenvalue weighted by molar-refractivity contribution is -0.137. The summed E-state index contributed by atoms with van der Waals surface area (Å²) in [6, 6.07) is 9.26. The van der Waals surface area contributed by atoms with Crippen LogP contribution in [0.5, 0.6) is 0 Å². The van der Waals surface area contributed by atoms with Crippen molar-refractivity contribution in [3.8, 4) is 0 Å². The lowest BCUT2D eigenvalue weighted by Crippen LogP contribution is -2.35. The molecule has 92 valence electrons. The van der Waals surface area contributed by atoms with Crippen LogP contribution in [0.2, 0.25) is 0 Å². The molecule has 17 heavy (non-hydrogen) atoms. The number of rotatable bonds is 6. The molecule has 0 aromatic heterocycles. The smallest absolute Gasteiger partial charge is 0.305 e. The van der Waals surface area contributed by atoms with Crippen molar-refractivity contribution < 1.29 is 14.7 Å². The Bertz CT molecular complexity index is 381. The van der Waals surface area contributed by atoms with Crippen LogP contribution in [-0.4, -0.2) is 28.8 Å². The van der Waals surface area contributed by atoms with E-state index in [4.69, 9.17) is 5.11 Å². The van der Waals surface area contributed by atoms with E-state index in [1.807, 2.05) is 30.3 Å². The topological polar surface area (TPSA) is 66.4 Å². The molecule has 1 aromatic carbocycles. The number of amides is 1. The first-order valence-electron chi connectivity index (χ1n) is 5.27. The number of nitrogens with one attached hydrogen (secondary N) is 1. The molecule has 1 aromatic rings. The number of thioether (sulfide) groups is 1. The second-order valence-corrected chi connectivity index (χ2v) is 4.72. The van der Waals surface area contributed by atoms with E-state index < -0.39 is 5.97 Å². The fourth-order valence-electron chi connectivity index (χ4n) is 1.30. The number of carbonyl (C=O) groups is 2. The van der Waals surface area contributed by atoms with E-state index in [2.05, 4.69) is 5.32 Å². The highest BCUT2D eigenvalue weighted by molar-refractivity contribution is 8.00. The summed E-state index contributed by atoms with van der Waals surface area (Å²) in [5.74, 6) is -0.755. The molecule has 0 saturated carbocycles. The van der Waals surface area contributed by atoms with Gasteiger partial charge in [-0.15, -0.1) is 11.8 Å². The summed E-state index contributed by atoms with van der Waals surface area (Å²) in [5, 5.41) is 11.2. The first-order valence-corrected chi connectivity index (χ1v) is 6.25. The molecule has 0 bridgehead atoms. The molecule has 1 amide bonds. The van der Waals surface area contributed by atoms with Gasteiger partial charge in [0.05, 0.1) is 12.2 Å². The highest BCUT2D eigenvalue weighted by Gasteiger charge is 2.10. The summed E-state index contributed by atoms with van der Waals surface area (Å²) >= 11 is 1.43. The Hall–Kier alpha value is -1.49. The third kappa shape index (κ3) is 5.97. The zero-order valence-corrected chi connectivity index (χ0v) is 10.4. The monoisotopic (exact) mass is 253 g/mol. The predicted octanol–water partition coefficient (Wildman–Crippen LogP) is 1.76. The van der Waals surface area contributed by atoms with Gasteiger partial charge in [0.2, 0.25) is 5.91 Å². The molecule has 1 unspecified atom stereocenters. The van der Waals surface area contributed by atoms with Crippen molar-refractivity contribution >= 4 is 23.6 Å². The lowest BCUT2D eigenvalue weighted by atomic mass is 10.2. The molecule has 1 atom stereocenters. The van der Waals surface area contributed by atoms with Gasteiger partial charge >= 0.3 is 5.97 Å². The number of carbonyl (C=O) groups excluding carboxylic acids is 1. The van der Waals surface area contributed by atoms with Crippen molar-refractivity contribution in [3.05, 3.63) is 30.3 Å². The minimum atomic E-state index is -0.909. The van der Waals surface area contributed by atoms with Gasteiger partial charge in [0, 0.05) is 10.9 Å². The Morgan fingerprint density at radius 3 is 2.59 bits per heavy atom. The first kappa shape index (κ1) is 13.6. The summed E-state index contributed by atoms with van der Waals surface area (Å²) in [6.45, 7) is 1.68. The van der Waals surface area contributed by atoms with Gasteiger partial charge in [0.1, 0.15) is 0 Å². The summed E-state index contributed by atoms with van der Waals surface area (Å²) < 4.78 is 0. The Kier molecular flexibility index (Phi) is 5.56. The normalized spacial score (nSPS) is 11.8. The van der Waals surface area contributed by atoms with Crippen LogP contribution >= 0.6 is 11.8 Å². The summed E-state index contributed by atoms with van der Waals surface area (Å²) in [6.07, 6.45) is -0.0538. The van der Waals surface area contributed by atoms with E-state index in [-0.39, 0.29) is 18.4 Å². The van der Waals surface area contributed by atoms with Crippen LogP contribution in [0, 0.1) is 0 Å². The molecule has 0 aliphatic carbocycles. The molecular weight excluding hydrogens is 238 g/mol. The third-order valence-corrected chi connectivity index (χ3v) is 3.01. The fourth-order valence-corrected chi connectivity index (χ4v) is 2.03. The lowest BCUT2D eigenvalue weighted by Gasteiger charge is -2.11. The minimum Gasteiger partial charge on any atom is -0.481 e. The number of benzene rings is 1. The van der Waals surface area contributed by atoms with E-state index in [1.54, 1.807) is 6.92 Å². The Morgan fingerprint density at radius 1 is 1.35 bits per heavy atom. The van der Waals surface area contributed by atoms with Gasteiger partial charge in [-0.25, -0.2) is 0 Å². The number of carboxylic acids is 1. The number of hydrogen-bond acceptors (Lipinski definition) is 3. The second-order valence-electron chi connectivity index (χ2n) is 3.67. The number of carboxylic acid groups (broad SMARTS) is 1. The molecule has 1 rings (SSSR count). The molecule has 0 spiro atoms. The van der Waals surface area contributed by atoms with Gasteiger partial charge in [0.15, 0.2) is 0 Å². The molecule has 0 heterocycles. The maximum atomic E-state index is 11.5. The predicted molar refractivity (Wildman–Crippen MR) is 67.0 cm³/mol. The van der Waals surface area contributed by atoms with Gasteiger partial charge in [-0.3, -0.25) is 9.59 Å². The van der Waals surface area contributed by atoms with Crippen LogP contribution in [0.4, 0.5) is 0 Å². The molecule has 2 N–H and O–H groups in total. The molecule has 0 fully saturated rings. The first-order chi connectivity index (χ1) is 8.08. The van der Waals surface area contributed by atoms with Crippen molar-refractivity contribution in [2.45, 2.75) is 24.3 Å². The highest BCUT2D eigenvalue weighted by Crippen LogP contribution is 2.16. The van der Waals surface area contributed by atoms with Crippen LogP contribution in [0.25, 0.3) is 0 Å². The van der Waals surface area contributed by atoms with Crippen molar-refractivity contribution in [3.63, 3.8) is 0 Å². The molecule has 0 saturated heterocycles. The maximum absolute atomic E-state index is 11.5. The Balaban J connectivity index is 2.28. The van der Waals surface area contributed by atoms with Gasteiger partial charge in [0.25, 0.3) is 0 Å². The maximum Gasteiger partial charge on any atom is 0.305 e. The van der Waals surface area contributed by atoms with Crippen LogP contribution < -0.4 is 5.32 Å². The van der Waals surface area contributed by atoms with Crippen molar-refractivity contribution in [1.82, 2.24) is 5.32 Å². The highest BCUT2D eigenvalue weighted by atomic mass is 32.2. The van der Waals surface area contributed by atoms with E-state index in [0.717, 1.165) is 4.90 Å². The fraction of sp³-hybridized carbons (Fsp3) is 0.333. The second kappa shape index (κ2) is 6.96. The van der Waals surface area contributed by atoms with Crippen LogP contribution in [-0.2, 0) is 9.59 Å². The molecule has 5 heteroatoms. The van der Waals surface area contributed by atoms with Crippen LogP contribution in [0.15, 0.2) is 35.2 Å². The molecule has 4 nitrogen and oxygen atoms in total. The van der Waals surface area contributed by atoms with Gasteiger partial charge in [-0.2, -0.15) is 0 Å². The average Bonchev–Trinajstić information content (AvgIpc) is 2.26. The van der Waals surface area contributed by atoms with Crippen LogP contribution in [0.3, 0.4) is 0 Å². The molecule has 0 radical (unpaired) electrons. The van der Waals surface area contributed by atoms with Crippen molar-refractivity contribution in [2.24, 2.45) is 0 Å². The van der Waals surface area contributed by atoms with Gasteiger partial charge in [-0.1, -0.05) is 18.2 Å². The molecule has 0 aliphatic rings. The average molecular weight is 253 g/mol. The summed E-state index contributed by atoms with van der Waals surface area (Å²) in [7, 11) is 0. The standard InChI is InChI=1S/C12H15NO3S/c1-9(7-12(15)16)13-11(14)8-17-10-5-3-2-4-6-10/h2-6,9H,7-8H2,1H3,(H,13,14)(H,15,16). The SMILES string of the molecule is CC(CC(=O)O)NC(=O)CSc1ccccc1. The largest absolute Gasteiger partial charge is 0.481 e. The van der Waals surface area contributed by atoms with Crippen LogP contribution in [0.1, 0.15) is 13.3 Å². The Labute approximate surface area is 104 Å². The minimum absolute atomic E-state index is 0.0538. The van der Waals surface area contributed by atoms with E-state index in [9.17, 15) is 9.59 Å².